The summed E-state index contributed by atoms with van der Waals surface area (Å²) >= 11 is 3.40. The monoisotopic (exact) mass is 280 g/mol. The molecule has 0 bridgehead atoms. The van der Waals surface area contributed by atoms with E-state index in [1.54, 1.807) is 13.3 Å². The number of rotatable bonds is 4. The topological polar surface area (TPSA) is 27.1 Å². The second-order valence-corrected chi connectivity index (χ2v) is 4.44. The third kappa shape index (κ3) is 2.51. The summed E-state index contributed by atoms with van der Waals surface area (Å²) < 4.78 is 8.13. The van der Waals surface area contributed by atoms with Crippen molar-refractivity contribution in [3.05, 3.63) is 52.8 Å². The fourth-order valence-corrected chi connectivity index (χ4v) is 1.95. The first-order valence-electron chi connectivity index (χ1n) is 5.05. The minimum absolute atomic E-state index is 0.123. The molecule has 0 aliphatic rings. The predicted molar refractivity (Wildman–Crippen MR) is 66.4 cm³/mol. The van der Waals surface area contributed by atoms with Crippen LogP contribution < -0.4 is 0 Å². The van der Waals surface area contributed by atoms with Crippen molar-refractivity contribution in [1.29, 1.82) is 0 Å². The molecule has 1 heterocycles. The molecular weight excluding hydrogens is 268 g/mol. The van der Waals surface area contributed by atoms with Crippen LogP contribution in [0.3, 0.4) is 0 Å². The van der Waals surface area contributed by atoms with E-state index in [1.165, 1.54) is 5.56 Å². The quantitative estimate of drug-likeness (QED) is 0.861. The van der Waals surface area contributed by atoms with E-state index in [-0.39, 0.29) is 6.04 Å². The van der Waals surface area contributed by atoms with Gasteiger partial charge in [0.05, 0.1) is 17.3 Å². The van der Waals surface area contributed by atoms with Crippen molar-refractivity contribution in [3.8, 4) is 0 Å². The summed E-state index contributed by atoms with van der Waals surface area (Å²) in [6.45, 7) is 0.609. The Hall–Kier alpha value is -1.13. The molecule has 3 nitrogen and oxygen atoms in total. The summed E-state index contributed by atoms with van der Waals surface area (Å²) in [5.41, 5.74) is 1.19. The van der Waals surface area contributed by atoms with Crippen molar-refractivity contribution in [2.45, 2.75) is 6.04 Å². The van der Waals surface area contributed by atoms with Crippen molar-refractivity contribution < 1.29 is 4.74 Å². The lowest BCUT2D eigenvalue weighted by Gasteiger charge is -2.16. The van der Waals surface area contributed by atoms with Crippen molar-refractivity contribution >= 4 is 15.9 Å². The van der Waals surface area contributed by atoms with Gasteiger partial charge in [-0.05, 0) is 21.5 Å². The van der Waals surface area contributed by atoms with Crippen LogP contribution in [0.15, 0.2) is 47.2 Å². The first-order valence-corrected chi connectivity index (χ1v) is 5.84. The van der Waals surface area contributed by atoms with E-state index in [0.29, 0.717) is 6.61 Å². The van der Waals surface area contributed by atoms with Crippen LogP contribution >= 0.6 is 15.9 Å². The Morgan fingerprint density at radius 3 is 2.69 bits per heavy atom. The highest BCUT2D eigenvalue weighted by Gasteiger charge is 2.13. The minimum Gasteiger partial charge on any atom is -0.382 e. The van der Waals surface area contributed by atoms with Gasteiger partial charge in [-0.25, -0.2) is 0 Å². The zero-order valence-electron chi connectivity index (χ0n) is 9.01. The van der Waals surface area contributed by atoms with Gasteiger partial charge in [0.2, 0.25) is 0 Å². The van der Waals surface area contributed by atoms with Gasteiger partial charge in [0.15, 0.2) is 0 Å². The van der Waals surface area contributed by atoms with Crippen molar-refractivity contribution in [2.75, 3.05) is 13.7 Å². The lowest BCUT2D eigenvalue weighted by molar-refractivity contribution is 0.164. The Morgan fingerprint density at radius 1 is 1.38 bits per heavy atom. The summed E-state index contributed by atoms with van der Waals surface area (Å²) in [4.78, 5) is 0. The molecule has 0 aliphatic heterocycles. The second-order valence-electron chi connectivity index (χ2n) is 3.52. The van der Waals surface area contributed by atoms with E-state index in [1.807, 2.05) is 29.1 Å². The highest BCUT2D eigenvalue weighted by atomic mass is 79.9. The summed E-state index contributed by atoms with van der Waals surface area (Å²) in [5.74, 6) is 0. The second kappa shape index (κ2) is 5.27. The minimum atomic E-state index is 0.123. The fourth-order valence-electron chi connectivity index (χ4n) is 1.64. The van der Waals surface area contributed by atoms with Gasteiger partial charge in [0.25, 0.3) is 0 Å². The molecule has 1 aromatic carbocycles. The molecule has 1 aromatic heterocycles. The highest BCUT2D eigenvalue weighted by Crippen LogP contribution is 2.19. The molecule has 0 spiro atoms. The van der Waals surface area contributed by atoms with Gasteiger partial charge in [0.1, 0.15) is 6.04 Å². The van der Waals surface area contributed by atoms with Crippen LogP contribution in [0.1, 0.15) is 11.6 Å². The van der Waals surface area contributed by atoms with Gasteiger partial charge in [-0.1, -0.05) is 30.3 Å². The molecule has 84 valence electrons. The summed E-state index contributed by atoms with van der Waals surface area (Å²) in [5, 5.41) is 4.30. The number of benzene rings is 1. The van der Waals surface area contributed by atoms with Crippen LogP contribution in [0.4, 0.5) is 0 Å². The molecule has 0 saturated carbocycles. The molecule has 0 N–H and O–H groups in total. The van der Waals surface area contributed by atoms with Crippen LogP contribution in [0.25, 0.3) is 0 Å². The third-order valence-electron chi connectivity index (χ3n) is 2.40. The third-order valence-corrected chi connectivity index (χ3v) is 2.81. The predicted octanol–water partition coefficient (Wildman–Crippen LogP) is 2.88. The van der Waals surface area contributed by atoms with Crippen LogP contribution in [0.2, 0.25) is 0 Å². The molecule has 0 saturated heterocycles. The van der Waals surface area contributed by atoms with E-state index < -0.39 is 0 Å². The van der Waals surface area contributed by atoms with Crippen LogP contribution in [0, 0.1) is 0 Å². The first kappa shape index (κ1) is 11.4. The van der Waals surface area contributed by atoms with Gasteiger partial charge >= 0.3 is 0 Å². The van der Waals surface area contributed by atoms with Crippen molar-refractivity contribution in [2.24, 2.45) is 0 Å². The lowest BCUT2D eigenvalue weighted by atomic mass is 10.1. The fraction of sp³-hybridized carbons (Fsp3) is 0.250. The van der Waals surface area contributed by atoms with E-state index in [0.717, 1.165) is 4.47 Å². The van der Waals surface area contributed by atoms with E-state index in [2.05, 4.69) is 33.2 Å². The van der Waals surface area contributed by atoms with Gasteiger partial charge < -0.3 is 4.74 Å². The van der Waals surface area contributed by atoms with Gasteiger partial charge in [-0.3, -0.25) is 4.68 Å². The highest BCUT2D eigenvalue weighted by molar-refractivity contribution is 9.10. The lowest BCUT2D eigenvalue weighted by Crippen LogP contribution is -2.16. The average Bonchev–Trinajstić information content (AvgIpc) is 2.74. The number of halogens is 1. The molecule has 4 heteroatoms. The standard InChI is InChI=1S/C12H13BrN2O/c1-16-9-12(10-5-3-2-4-6-10)15-8-11(13)7-14-15/h2-8,12H,9H2,1H3. The van der Waals surface area contributed by atoms with Crippen LogP contribution in [0.5, 0.6) is 0 Å². The molecule has 2 aromatic rings. The maximum absolute atomic E-state index is 5.25. The zero-order chi connectivity index (χ0) is 11.4. The largest absolute Gasteiger partial charge is 0.382 e. The van der Waals surface area contributed by atoms with E-state index in [9.17, 15) is 0 Å². The maximum Gasteiger partial charge on any atom is 0.100 e. The number of hydrogen-bond donors (Lipinski definition) is 0. The van der Waals surface area contributed by atoms with Crippen LogP contribution in [-0.4, -0.2) is 23.5 Å². The van der Waals surface area contributed by atoms with Gasteiger partial charge in [0, 0.05) is 13.3 Å². The molecule has 0 aliphatic carbocycles. The molecule has 1 unspecified atom stereocenters. The van der Waals surface area contributed by atoms with Crippen molar-refractivity contribution in [3.63, 3.8) is 0 Å². The molecule has 0 amide bonds. The summed E-state index contributed by atoms with van der Waals surface area (Å²) in [7, 11) is 1.70. The number of nitrogens with zero attached hydrogens (tertiary/aromatic N) is 2. The summed E-state index contributed by atoms with van der Waals surface area (Å²) in [6, 6.07) is 10.3. The number of aromatic nitrogens is 2. The first-order chi connectivity index (χ1) is 7.81. The van der Waals surface area contributed by atoms with Crippen LogP contribution in [-0.2, 0) is 4.74 Å². The van der Waals surface area contributed by atoms with Gasteiger partial charge in [-0.2, -0.15) is 5.10 Å². The molecule has 2 rings (SSSR count). The molecular formula is C12H13BrN2O. The van der Waals surface area contributed by atoms with E-state index in [4.69, 9.17) is 4.74 Å². The molecule has 0 radical (unpaired) electrons. The molecule has 1 atom stereocenters. The zero-order valence-corrected chi connectivity index (χ0v) is 10.6. The Labute approximate surface area is 103 Å². The normalized spacial score (nSPS) is 12.6. The average molecular weight is 281 g/mol. The SMILES string of the molecule is COCC(c1ccccc1)n1cc(Br)cn1. The smallest absolute Gasteiger partial charge is 0.100 e. The van der Waals surface area contributed by atoms with Gasteiger partial charge in [-0.15, -0.1) is 0 Å². The Bertz CT molecular complexity index is 441. The Kier molecular flexibility index (Phi) is 3.74. The molecule has 16 heavy (non-hydrogen) atoms. The Balaban J connectivity index is 2.31. The number of methoxy groups -OCH3 is 1. The molecule has 0 fully saturated rings. The van der Waals surface area contributed by atoms with Crippen molar-refractivity contribution in [1.82, 2.24) is 9.78 Å². The van der Waals surface area contributed by atoms with E-state index >= 15 is 0 Å². The number of ether oxygens (including phenoxy) is 1. The Morgan fingerprint density at radius 2 is 2.12 bits per heavy atom. The maximum atomic E-state index is 5.25. The summed E-state index contributed by atoms with van der Waals surface area (Å²) in [6.07, 6.45) is 3.74. The number of hydrogen-bond acceptors (Lipinski definition) is 2.